The van der Waals surface area contributed by atoms with Crippen molar-refractivity contribution in [1.29, 1.82) is 0 Å². The van der Waals surface area contributed by atoms with Gasteiger partial charge in [0.2, 0.25) is 27.7 Å². The Hall–Kier alpha value is -4.57. The van der Waals surface area contributed by atoms with Crippen molar-refractivity contribution in [1.82, 2.24) is 35.5 Å². The Bertz CT molecular complexity index is 2040. The standard InChI is InChI=1S/C37H47N7O7S2/c1-8-21-19-37(21,33(47)43-53(49,50)23-15-16-23)41-30(45)26-18-22(20-44(26)32(46)29(35(2,3)4)40-34(48)42-36(5,6)7)51-31-28(27-14-11-17-52-27)38-24-12-9-10-13-25(24)39-31/h8-14,17,21-23,26,29H,1,15-16,18-20H2,2-7H3,(H,41,45)(H,43,47)(H2,40,42,48)/t21-,22-,26+,29-,37?/m1/s1. The maximum Gasteiger partial charge on any atom is 0.315 e. The molecule has 1 aromatic carbocycles. The van der Waals surface area contributed by atoms with E-state index in [2.05, 4.69) is 27.3 Å². The number of ether oxygens (including phenoxy) is 1. The van der Waals surface area contributed by atoms with Gasteiger partial charge in [0, 0.05) is 17.9 Å². The van der Waals surface area contributed by atoms with Crippen LogP contribution in [-0.4, -0.2) is 88.1 Å². The number of rotatable bonds is 11. The monoisotopic (exact) mass is 765 g/mol. The van der Waals surface area contributed by atoms with Crippen LogP contribution in [-0.2, 0) is 24.4 Å². The van der Waals surface area contributed by atoms with Gasteiger partial charge < -0.3 is 25.6 Å². The molecule has 4 N–H and O–H groups in total. The molecule has 2 aromatic heterocycles. The van der Waals surface area contributed by atoms with Gasteiger partial charge in [-0.1, -0.05) is 45.0 Å². The number of thiophene rings is 1. The molecule has 3 aliphatic rings. The zero-order valence-corrected chi connectivity index (χ0v) is 32.4. The van der Waals surface area contributed by atoms with E-state index >= 15 is 0 Å². The molecule has 6 rings (SSSR count). The van der Waals surface area contributed by atoms with Gasteiger partial charge in [-0.05, 0) is 69.0 Å². The summed E-state index contributed by atoms with van der Waals surface area (Å²) in [4.78, 5) is 67.4. The Kier molecular flexibility index (Phi) is 10.1. The van der Waals surface area contributed by atoms with Crippen LogP contribution in [0.2, 0.25) is 0 Å². The maximum absolute atomic E-state index is 14.6. The normalized spacial score (nSPS) is 23.5. The molecule has 1 saturated heterocycles. The van der Waals surface area contributed by atoms with E-state index in [9.17, 15) is 27.6 Å². The number of urea groups is 1. The third-order valence-electron chi connectivity index (χ3n) is 9.55. The number of benzene rings is 1. The van der Waals surface area contributed by atoms with Crippen molar-refractivity contribution in [3.63, 3.8) is 0 Å². The van der Waals surface area contributed by atoms with Gasteiger partial charge in [0.25, 0.3) is 5.91 Å². The Morgan fingerprint density at radius 2 is 1.72 bits per heavy atom. The van der Waals surface area contributed by atoms with Crippen LogP contribution in [0.3, 0.4) is 0 Å². The molecule has 0 spiro atoms. The van der Waals surface area contributed by atoms with Gasteiger partial charge in [0.1, 0.15) is 29.4 Å². The first-order chi connectivity index (χ1) is 24.8. The number of carbonyl (C=O) groups excluding carboxylic acids is 4. The number of likely N-dealkylation sites (tertiary alicyclic amines) is 1. The summed E-state index contributed by atoms with van der Waals surface area (Å²) in [5.74, 6) is -2.32. The van der Waals surface area contributed by atoms with E-state index in [1.165, 1.54) is 22.3 Å². The fourth-order valence-electron chi connectivity index (χ4n) is 6.51. The zero-order valence-electron chi connectivity index (χ0n) is 30.8. The lowest BCUT2D eigenvalue weighted by Crippen LogP contribution is -2.61. The van der Waals surface area contributed by atoms with E-state index in [4.69, 9.17) is 14.7 Å². The Labute approximate surface area is 313 Å². The van der Waals surface area contributed by atoms with E-state index < -0.39 is 79.6 Å². The number of hydrogen-bond donors (Lipinski definition) is 4. The molecule has 53 heavy (non-hydrogen) atoms. The van der Waals surface area contributed by atoms with Crippen LogP contribution >= 0.6 is 11.3 Å². The molecule has 0 bridgehead atoms. The molecule has 1 unspecified atom stereocenters. The number of amides is 5. The van der Waals surface area contributed by atoms with Gasteiger partial charge in [0.15, 0.2) is 0 Å². The van der Waals surface area contributed by atoms with Crippen LogP contribution in [0.4, 0.5) is 4.79 Å². The van der Waals surface area contributed by atoms with E-state index in [1.807, 2.05) is 83.3 Å². The average Bonchev–Trinajstić information content (AvgIpc) is 3.94. The average molecular weight is 766 g/mol. The molecule has 2 aliphatic carbocycles. The molecule has 3 aromatic rings. The molecule has 14 nitrogen and oxygen atoms in total. The number of nitrogens with one attached hydrogen (secondary N) is 4. The largest absolute Gasteiger partial charge is 0.471 e. The van der Waals surface area contributed by atoms with E-state index in [0.717, 1.165) is 4.88 Å². The quantitative estimate of drug-likeness (QED) is 0.210. The van der Waals surface area contributed by atoms with Gasteiger partial charge in [0.05, 0.1) is 27.7 Å². The molecule has 3 heterocycles. The third-order valence-corrected chi connectivity index (χ3v) is 12.2. The lowest BCUT2D eigenvalue weighted by molar-refractivity contribution is -0.142. The first-order valence-electron chi connectivity index (χ1n) is 17.7. The third kappa shape index (κ3) is 8.33. The highest BCUT2D eigenvalue weighted by atomic mass is 32.2. The smallest absolute Gasteiger partial charge is 0.315 e. The fourth-order valence-corrected chi connectivity index (χ4v) is 8.58. The minimum Gasteiger partial charge on any atom is -0.471 e. The van der Waals surface area contributed by atoms with Crippen molar-refractivity contribution in [3.8, 4) is 16.5 Å². The molecular formula is C37H47N7O7S2. The summed E-state index contributed by atoms with van der Waals surface area (Å²) in [7, 11) is -3.90. The minimum absolute atomic E-state index is 0.0117. The summed E-state index contributed by atoms with van der Waals surface area (Å²) in [5.41, 5.74) is -1.14. The number of fused-ring (bicyclic) bond motifs is 1. The number of carbonyl (C=O) groups is 4. The molecule has 2 saturated carbocycles. The molecule has 0 radical (unpaired) electrons. The predicted octanol–water partition coefficient (Wildman–Crippen LogP) is 3.89. The lowest BCUT2D eigenvalue weighted by atomic mass is 9.85. The Morgan fingerprint density at radius 1 is 1.04 bits per heavy atom. The first-order valence-corrected chi connectivity index (χ1v) is 20.1. The van der Waals surface area contributed by atoms with Gasteiger partial charge in [-0.2, -0.15) is 0 Å². The van der Waals surface area contributed by atoms with Gasteiger partial charge in [-0.3, -0.25) is 19.1 Å². The van der Waals surface area contributed by atoms with Crippen molar-refractivity contribution in [3.05, 3.63) is 54.4 Å². The van der Waals surface area contributed by atoms with Crippen LogP contribution in [0, 0.1) is 11.3 Å². The van der Waals surface area contributed by atoms with Gasteiger partial charge in [-0.15, -0.1) is 17.9 Å². The highest BCUT2D eigenvalue weighted by Gasteiger charge is 2.62. The molecule has 16 heteroatoms. The maximum atomic E-state index is 14.6. The molecule has 284 valence electrons. The van der Waals surface area contributed by atoms with Crippen LogP contribution in [0.5, 0.6) is 5.88 Å². The summed E-state index contributed by atoms with van der Waals surface area (Å²) < 4.78 is 34.1. The van der Waals surface area contributed by atoms with Crippen LogP contribution in [0.1, 0.15) is 67.2 Å². The summed E-state index contributed by atoms with van der Waals surface area (Å²) in [6.45, 7) is 14.6. The van der Waals surface area contributed by atoms with Crippen molar-refractivity contribution >= 4 is 56.1 Å². The second-order valence-electron chi connectivity index (χ2n) is 16.2. The Morgan fingerprint density at radius 3 is 2.28 bits per heavy atom. The van der Waals surface area contributed by atoms with Crippen molar-refractivity contribution in [2.75, 3.05) is 6.54 Å². The summed E-state index contributed by atoms with van der Waals surface area (Å²) in [6.07, 6.45) is 1.83. The first kappa shape index (κ1) is 38.2. The summed E-state index contributed by atoms with van der Waals surface area (Å²) in [5, 5.41) is 9.73. The van der Waals surface area contributed by atoms with Crippen molar-refractivity contribution < 1.29 is 32.3 Å². The van der Waals surface area contributed by atoms with E-state index in [0.29, 0.717) is 29.6 Å². The van der Waals surface area contributed by atoms with Crippen molar-refractivity contribution in [2.45, 2.75) is 102 Å². The zero-order chi connectivity index (χ0) is 38.5. The topological polar surface area (TPSA) is 189 Å². The molecule has 1 aliphatic heterocycles. The van der Waals surface area contributed by atoms with Crippen LogP contribution in [0.15, 0.2) is 54.4 Å². The lowest BCUT2D eigenvalue weighted by Gasteiger charge is -2.36. The number of para-hydroxylation sites is 2. The van der Waals surface area contributed by atoms with Gasteiger partial charge >= 0.3 is 6.03 Å². The number of nitrogens with zero attached hydrogens (tertiary/aromatic N) is 3. The second kappa shape index (κ2) is 14.0. The SMILES string of the molecule is C=C[C@@H]1CC1(NC(=O)[C@@H]1C[C@@H](Oc2nc3ccccc3nc2-c2cccs2)CN1C(=O)[C@@H](NC(=O)NC(C)(C)C)C(C)(C)C)C(=O)NS(=O)(=O)C1CC1. The van der Waals surface area contributed by atoms with Crippen LogP contribution < -0.4 is 25.4 Å². The minimum atomic E-state index is -3.90. The van der Waals surface area contributed by atoms with Gasteiger partial charge in [-0.25, -0.2) is 23.2 Å². The summed E-state index contributed by atoms with van der Waals surface area (Å²) in [6, 6.07) is 8.40. The molecular weight excluding hydrogens is 719 g/mol. The van der Waals surface area contributed by atoms with Crippen molar-refractivity contribution in [2.24, 2.45) is 11.3 Å². The fraction of sp³-hybridized carbons (Fsp3) is 0.514. The van der Waals surface area contributed by atoms with E-state index in [1.54, 1.807) is 0 Å². The van der Waals surface area contributed by atoms with Crippen LogP contribution in [0.25, 0.3) is 21.6 Å². The Balaban J connectivity index is 1.32. The predicted molar refractivity (Wildman–Crippen MR) is 201 cm³/mol. The highest BCUT2D eigenvalue weighted by molar-refractivity contribution is 7.91. The molecule has 3 fully saturated rings. The highest BCUT2D eigenvalue weighted by Crippen LogP contribution is 2.45. The second-order valence-corrected chi connectivity index (χ2v) is 19.1. The number of hydrogen-bond acceptors (Lipinski definition) is 10. The van der Waals surface area contributed by atoms with E-state index in [-0.39, 0.29) is 25.3 Å². The molecule has 5 atom stereocenters. The number of aromatic nitrogens is 2. The number of sulfonamides is 1. The molecule has 5 amide bonds. The summed E-state index contributed by atoms with van der Waals surface area (Å²) >= 11 is 1.47.